The molecule has 0 spiro atoms. The van der Waals surface area contributed by atoms with Crippen LogP contribution in [0.3, 0.4) is 0 Å². The first kappa shape index (κ1) is 17.5. The lowest BCUT2D eigenvalue weighted by Crippen LogP contribution is -2.06. The summed E-state index contributed by atoms with van der Waals surface area (Å²) in [5, 5.41) is 6.84. The van der Waals surface area contributed by atoms with E-state index in [1.165, 1.54) is 0 Å². The van der Waals surface area contributed by atoms with Crippen LogP contribution in [0.4, 0.5) is 5.69 Å². The van der Waals surface area contributed by atoms with Crippen molar-refractivity contribution in [1.82, 2.24) is 9.55 Å². The largest absolute Gasteiger partial charge is 0.462 e. The molecule has 1 heterocycles. The summed E-state index contributed by atoms with van der Waals surface area (Å²) in [4.78, 5) is 16.5. The normalized spacial score (nSPS) is 11.2. The molecule has 0 atom stereocenters. The number of carbonyl (C=O) groups excluding carboxylic acids is 1. The van der Waals surface area contributed by atoms with Gasteiger partial charge in [-0.2, -0.15) is 5.10 Å². The standard InChI is InChI=1S/C19H21N5O2/c1-3-26-19(25)14-6-9-17-16(10-14)23-18(24(17)2)12-21-15-7-4-13(5-8-15)11-22-20/h4-11,21H,3,12,20H2,1-2H3. The molecule has 134 valence electrons. The molecule has 3 rings (SSSR count). The summed E-state index contributed by atoms with van der Waals surface area (Å²) < 4.78 is 7.05. The second-order valence-corrected chi connectivity index (χ2v) is 5.76. The third kappa shape index (κ3) is 3.66. The Balaban J connectivity index is 1.77. The quantitative estimate of drug-likeness (QED) is 0.308. The molecule has 1 aromatic heterocycles. The van der Waals surface area contributed by atoms with Gasteiger partial charge in [-0.3, -0.25) is 0 Å². The number of esters is 1. The monoisotopic (exact) mass is 351 g/mol. The van der Waals surface area contributed by atoms with Crippen LogP contribution in [0.1, 0.15) is 28.7 Å². The summed E-state index contributed by atoms with van der Waals surface area (Å²) in [5.41, 5.74) is 4.15. The van der Waals surface area contributed by atoms with E-state index in [1.807, 2.05) is 41.9 Å². The minimum Gasteiger partial charge on any atom is -0.462 e. The van der Waals surface area contributed by atoms with Crippen molar-refractivity contribution in [1.29, 1.82) is 0 Å². The number of ether oxygens (including phenoxy) is 1. The van der Waals surface area contributed by atoms with E-state index in [0.717, 1.165) is 28.1 Å². The van der Waals surface area contributed by atoms with Gasteiger partial charge in [0, 0.05) is 12.7 Å². The van der Waals surface area contributed by atoms with Crippen LogP contribution in [-0.2, 0) is 18.3 Å². The van der Waals surface area contributed by atoms with Crippen LogP contribution in [0.25, 0.3) is 11.0 Å². The summed E-state index contributed by atoms with van der Waals surface area (Å²) in [5.74, 6) is 5.68. The minimum atomic E-state index is -0.333. The predicted molar refractivity (Wildman–Crippen MR) is 102 cm³/mol. The molecule has 26 heavy (non-hydrogen) atoms. The van der Waals surface area contributed by atoms with Gasteiger partial charge in [0.1, 0.15) is 5.82 Å². The van der Waals surface area contributed by atoms with Gasteiger partial charge in [-0.15, -0.1) is 0 Å². The van der Waals surface area contributed by atoms with E-state index >= 15 is 0 Å². The van der Waals surface area contributed by atoms with Gasteiger partial charge in [-0.1, -0.05) is 12.1 Å². The van der Waals surface area contributed by atoms with Crippen molar-refractivity contribution in [2.24, 2.45) is 18.0 Å². The van der Waals surface area contributed by atoms with Crippen LogP contribution < -0.4 is 11.2 Å². The lowest BCUT2D eigenvalue weighted by Gasteiger charge is -2.07. The maximum atomic E-state index is 11.9. The van der Waals surface area contributed by atoms with Gasteiger partial charge in [0.2, 0.25) is 0 Å². The summed E-state index contributed by atoms with van der Waals surface area (Å²) in [6.45, 7) is 2.70. The summed E-state index contributed by atoms with van der Waals surface area (Å²) in [6.07, 6.45) is 1.59. The fourth-order valence-corrected chi connectivity index (χ4v) is 2.70. The Morgan fingerprint density at radius 1 is 1.31 bits per heavy atom. The fourth-order valence-electron chi connectivity index (χ4n) is 2.70. The molecule has 0 fully saturated rings. The maximum absolute atomic E-state index is 11.9. The van der Waals surface area contributed by atoms with Crippen LogP contribution in [0.15, 0.2) is 47.6 Å². The number of hydrogen-bond donors (Lipinski definition) is 2. The molecule has 0 amide bonds. The van der Waals surface area contributed by atoms with Gasteiger partial charge in [0.15, 0.2) is 0 Å². The maximum Gasteiger partial charge on any atom is 0.338 e. The zero-order valence-electron chi connectivity index (χ0n) is 14.8. The Hall–Kier alpha value is -3.35. The molecular weight excluding hydrogens is 330 g/mol. The number of hydrogen-bond acceptors (Lipinski definition) is 6. The van der Waals surface area contributed by atoms with Gasteiger partial charge in [-0.25, -0.2) is 9.78 Å². The number of rotatable bonds is 6. The average Bonchev–Trinajstić information content (AvgIpc) is 2.97. The molecule has 0 aliphatic heterocycles. The van der Waals surface area contributed by atoms with E-state index < -0.39 is 0 Å². The molecule has 0 aliphatic carbocycles. The highest BCUT2D eigenvalue weighted by atomic mass is 16.5. The third-order valence-electron chi connectivity index (χ3n) is 4.07. The lowest BCUT2D eigenvalue weighted by molar-refractivity contribution is 0.0526. The van der Waals surface area contributed by atoms with Crippen molar-refractivity contribution < 1.29 is 9.53 Å². The van der Waals surface area contributed by atoms with Crippen LogP contribution in [-0.4, -0.2) is 28.3 Å². The van der Waals surface area contributed by atoms with Gasteiger partial charge >= 0.3 is 5.97 Å². The molecule has 7 heteroatoms. The molecule has 0 radical (unpaired) electrons. The number of anilines is 1. The molecule has 0 aliphatic rings. The molecule has 2 aromatic carbocycles. The Morgan fingerprint density at radius 2 is 2.08 bits per heavy atom. The van der Waals surface area contributed by atoms with Crippen molar-refractivity contribution in [2.45, 2.75) is 13.5 Å². The zero-order chi connectivity index (χ0) is 18.5. The number of fused-ring (bicyclic) bond motifs is 1. The van der Waals surface area contributed by atoms with Gasteiger partial charge in [0.05, 0.1) is 36.0 Å². The Kier molecular flexibility index (Phi) is 5.17. The van der Waals surface area contributed by atoms with E-state index in [9.17, 15) is 4.79 Å². The van der Waals surface area contributed by atoms with E-state index in [2.05, 4.69) is 15.4 Å². The fraction of sp³-hybridized carbons (Fsp3) is 0.211. The summed E-state index contributed by atoms with van der Waals surface area (Å²) in [7, 11) is 1.96. The number of benzene rings is 2. The number of aryl methyl sites for hydroxylation is 1. The van der Waals surface area contributed by atoms with Gasteiger partial charge in [-0.05, 0) is 42.8 Å². The number of nitrogens with zero attached hydrogens (tertiary/aromatic N) is 3. The first-order chi connectivity index (χ1) is 12.6. The number of nitrogens with one attached hydrogen (secondary N) is 1. The smallest absolute Gasteiger partial charge is 0.338 e. The molecule has 0 unspecified atom stereocenters. The number of nitrogens with two attached hydrogens (primary N) is 1. The van der Waals surface area contributed by atoms with Crippen molar-refractivity contribution in [2.75, 3.05) is 11.9 Å². The Morgan fingerprint density at radius 3 is 2.77 bits per heavy atom. The highest BCUT2D eigenvalue weighted by Gasteiger charge is 2.12. The lowest BCUT2D eigenvalue weighted by atomic mass is 10.2. The highest BCUT2D eigenvalue weighted by molar-refractivity contribution is 5.93. The number of aromatic nitrogens is 2. The molecule has 3 aromatic rings. The first-order valence-corrected chi connectivity index (χ1v) is 8.32. The number of hydrazone groups is 1. The van der Waals surface area contributed by atoms with Crippen LogP contribution in [0, 0.1) is 0 Å². The molecule has 7 nitrogen and oxygen atoms in total. The predicted octanol–water partition coefficient (Wildman–Crippen LogP) is 2.65. The van der Waals surface area contributed by atoms with Crippen molar-refractivity contribution >= 4 is 28.9 Å². The third-order valence-corrected chi connectivity index (χ3v) is 4.07. The second-order valence-electron chi connectivity index (χ2n) is 5.76. The van der Waals surface area contributed by atoms with Crippen LogP contribution in [0.2, 0.25) is 0 Å². The second kappa shape index (κ2) is 7.69. The first-order valence-electron chi connectivity index (χ1n) is 8.32. The number of carbonyl (C=O) groups is 1. The number of imidazole rings is 1. The van der Waals surface area contributed by atoms with E-state index in [4.69, 9.17) is 10.6 Å². The van der Waals surface area contributed by atoms with E-state index in [-0.39, 0.29) is 5.97 Å². The highest BCUT2D eigenvalue weighted by Crippen LogP contribution is 2.18. The molecular formula is C19H21N5O2. The minimum absolute atomic E-state index is 0.333. The summed E-state index contributed by atoms with van der Waals surface area (Å²) in [6, 6.07) is 13.2. The molecule has 0 saturated heterocycles. The topological polar surface area (TPSA) is 94.5 Å². The molecule has 0 saturated carbocycles. The summed E-state index contributed by atoms with van der Waals surface area (Å²) >= 11 is 0. The average molecular weight is 351 g/mol. The van der Waals surface area contributed by atoms with Crippen molar-refractivity contribution in [3.8, 4) is 0 Å². The van der Waals surface area contributed by atoms with Crippen LogP contribution in [0.5, 0.6) is 0 Å². The van der Waals surface area contributed by atoms with Gasteiger partial charge < -0.3 is 20.5 Å². The van der Waals surface area contributed by atoms with Crippen molar-refractivity contribution in [3.05, 3.63) is 59.4 Å². The zero-order valence-corrected chi connectivity index (χ0v) is 14.8. The van der Waals surface area contributed by atoms with E-state index in [1.54, 1.807) is 25.3 Å². The Bertz CT molecular complexity index is 944. The van der Waals surface area contributed by atoms with E-state index in [0.29, 0.717) is 18.7 Å². The SMILES string of the molecule is CCOC(=O)c1ccc2c(c1)nc(CNc1ccc(C=NN)cc1)n2C. The van der Waals surface area contributed by atoms with Crippen molar-refractivity contribution in [3.63, 3.8) is 0 Å². The Labute approximate surface area is 151 Å². The van der Waals surface area contributed by atoms with Gasteiger partial charge in [0.25, 0.3) is 0 Å². The van der Waals surface area contributed by atoms with Crippen LogP contribution >= 0.6 is 0 Å². The molecule has 3 N–H and O–H groups in total. The molecule has 0 bridgehead atoms.